The summed E-state index contributed by atoms with van der Waals surface area (Å²) in [5.74, 6) is 0.860. The summed E-state index contributed by atoms with van der Waals surface area (Å²) in [5.41, 5.74) is 0.569. The van der Waals surface area contributed by atoms with Crippen molar-refractivity contribution in [1.82, 2.24) is 0 Å². The monoisotopic (exact) mass is 357 g/mol. The molecular weight excluding hydrogens is 346 g/mol. The molecule has 1 heterocycles. The Kier molecular flexibility index (Phi) is 4.97. The van der Waals surface area contributed by atoms with Gasteiger partial charge in [-0.25, -0.2) is 0 Å². The molecule has 0 bridgehead atoms. The number of hydrogen-bond acceptors (Lipinski definition) is 5. The van der Waals surface area contributed by atoms with E-state index in [1.807, 2.05) is 17.5 Å². The zero-order valence-corrected chi connectivity index (χ0v) is 13.1. The molecule has 0 aliphatic rings. The van der Waals surface area contributed by atoms with E-state index in [2.05, 4.69) is 15.9 Å². The van der Waals surface area contributed by atoms with Crippen LogP contribution in [0.1, 0.15) is 10.4 Å². The van der Waals surface area contributed by atoms with E-state index in [4.69, 9.17) is 9.47 Å². The molecule has 1 aromatic carbocycles. The van der Waals surface area contributed by atoms with E-state index in [0.29, 0.717) is 29.0 Å². The van der Waals surface area contributed by atoms with Gasteiger partial charge in [0, 0.05) is 15.8 Å². The number of nitro groups is 1. The van der Waals surface area contributed by atoms with Gasteiger partial charge in [0.05, 0.1) is 18.1 Å². The summed E-state index contributed by atoms with van der Waals surface area (Å²) in [5, 5.41) is 13.4. The van der Waals surface area contributed by atoms with Gasteiger partial charge in [-0.2, -0.15) is 0 Å². The highest BCUT2D eigenvalue weighted by molar-refractivity contribution is 9.08. The minimum Gasteiger partial charge on any atom is -0.493 e. The minimum absolute atomic E-state index is 0.0175. The molecule has 20 heavy (non-hydrogen) atoms. The number of methoxy groups -OCH3 is 1. The normalized spacial score (nSPS) is 10.3. The summed E-state index contributed by atoms with van der Waals surface area (Å²) in [6.07, 6.45) is 0. The van der Waals surface area contributed by atoms with Gasteiger partial charge in [0.1, 0.15) is 6.61 Å². The molecule has 0 aliphatic carbocycles. The van der Waals surface area contributed by atoms with Crippen molar-refractivity contribution < 1.29 is 14.4 Å². The van der Waals surface area contributed by atoms with Gasteiger partial charge >= 0.3 is 0 Å². The van der Waals surface area contributed by atoms with Crippen LogP contribution in [0.2, 0.25) is 0 Å². The lowest BCUT2D eigenvalue weighted by Gasteiger charge is -2.11. The fraction of sp³-hybridized carbons (Fsp3) is 0.231. The largest absolute Gasteiger partial charge is 0.493 e. The molecule has 0 N–H and O–H groups in total. The molecule has 2 aromatic rings. The van der Waals surface area contributed by atoms with E-state index in [9.17, 15) is 10.1 Å². The number of hydrogen-bond donors (Lipinski definition) is 0. The zero-order valence-electron chi connectivity index (χ0n) is 10.7. The Morgan fingerprint density at radius 2 is 2.20 bits per heavy atom. The Morgan fingerprint density at radius 1 is 1.40 bits per heavy atom. The number of halogens is 1. The average molecular weight is 358 g/mol. The molecular formula is C13H12BrNO4S. The Labute approximate surface area is 128 Å². The third-order valence-electron chi connectivity index (χ3n) is 2.66. The van der Waals surface area contributed by atoms with Crippen LogP contribution in [0.4, 0.5) is 5.69 Å². The first-order valence-corrected chi connectivity index (χ1v) is 7.72. The van der Waals surface area contributed by atoms with Gasteiger partial charge < -0.3 is 9.47 Å². The molecule has 0 spiro atoms. The van der Waals surface area contributed by atoms with E-state index >= 15 is 0 Å². The van der Waals surface area contributed by atoms with Crippen molar-refractivity contribution in [2.75, 3.05) is 7.11 Å². The first-order valence-electron chi connectivity index (χ1n) is 5.72. The number of ether oxygens (including phenoxy) is 2. The van der Waals surface area contributed by atoms with E-state index in [1.165, 1.54) is 13.2 Å². The topological polar surface area (TPSA) is 61.6 Å². The third-order valence-corrected chi connectivity index (χ3v) is 4.11. The van der Waals surface area contributed by atoms with Crippen molar-refractivity contribution in [3.63, 3.8) is 0 Å². The summed E-state index contributed by atoms with van der Waals surface area (Å²) in [4.78, 5) is 11.7. The number of alkyl halides is 1. The highest BCUT2D eigenvalue weighted by Crippen LogP contribution is 2.36. The van der Waals surface area contributed by atoms with Crippen LogP contribution in [0.3, 0.4) is 0 Å². The Hall–Kier alpha value is -1.60. The lowest BCUT2D eigenvalue weighted by atomic mass is 10.2. The lowest BCUT2D eigenvalue weighted by molar-refractivity contribution is -0.385. The van der Waals surface area contributed by atoms with Crippen molar-refractivity contribution in [2.45, 2.75) is 11.9 Å². The maximum Gasteiger partial charge on any atom is 0.277 e. The van der Waals surface area contributed by atoms with Gasteiger partial charge in [0.2, 0.25) is 0 Å². The first kappa shape index (κ1) is 14.8. The number of nitro benzene ring substituents is 1. The lowest BCUT2D eigenvalue weighted by Crippen LogP contribution is -2.00. The molecule has 0 atom stereocenters. The standard InChI is InChI=1S/C13H12BrNO4S/c1-18-12-5-9(7-14)11(15(16)17)6-13(12)19-8-10-3-2-4-20-10/h2-6H,7-8H2,1H3. The Bertz CT molecular complexity index is 601. The number of benzene rings is 1. The van der Waals surface area contributed by atoms with Gasteiger partial charge in [0.15, 0.2) is 11.5 Å². The maximum absolute atomic E-state index is 11.1. The summed E-state index contributed by atoms with van der Waals surface area (Å²) >= 11 is 4.80. The zero-order chi connectivity index (χ0) is 14.5. The number of thiophene rings is 1. The van der Waals surface area contributed by atoms with Crippen LogP contribution in [0, 0.1) is 10.1 Å². The molecule has 0 aliphatic heterocycles. The van der Waals surface area contributed by atoms with Crippen LogP contribution in [-0.2, 0) is 11.9 Å². The number of rotatable bonds is 6. The summed E-state index contributed by atoms with van der Waals surface area (Å²) in [6, 6.07) is 6.90. The van der Waals surface area contributed by atoms with Crippen LogP contribution in [0.15, 0.2) is 29.6 Å². The van der Waals surface area contributed by atoms with Crippen molar-refractivity contribution >= 4 is 33.0 Å². The predicted octanol–water partition coefficient (Wildman–Crippen LogP) is 4.14. The van der Waals surface area contributed by atoms with Gasteiger partial charge in [0.25, 0.3) is 5.69 Å². The quantitative estimate of drug-likeness (QED) is 0.442. The predicted molar refractivity (Wildman–Crippen MR) is 80.9 cm³/mol. The number of nitrogens with zero attached hydrogens (tertiary/aromatic N) is 1. The average Bonchev–Trinajstić information content (AvgIpc) is 2.97. The SMILES string of the molecule is COc1cc(CBr)c([N+](=O)[O-])cc1OCc1cccs1. The molecule has 0 radical (unpaired) electrons. The fourth-order valence-electron chi connectivity index (χ4n) is 1.68. The highest BCUT2D eigenvalue weighted by atomic mass is 79.9. The van der Waals surface area contributed by atoms with Gasteiger partial charge in [-0.15, -0.1) is 11.3 Å². The summed E-state index contributed by atoms with van der Waals surface area (Å²) in [6.45, 7) is 0.360. The van der Waals surface area contributed by atoms with E-state index in [0.717, 1.165) is 4.88 Å². The van der Waals surface area contributed by atoms with Gasteiger partial charge in [-0.1, -0.05) is 22.0 Å². The van der Waals surface area contributed by atoms with Crippen LogP contribution in [0.25, 0.3) is 0 Å². The fourth-order valence-corrected chi connectivity index (χ4v) is 2.75. The smallest absolute Gasteiger partial charge is 0.277 e. The molecule has 0 fully saturated rings. The highest BCUT2D eigenvalue weighted by Gasteiger charge is 2.19. The molecule has 0 amide bonds. The van der Waals surface area contributed by atoms with Crippen molar-refractivity contribution in [3.8, 4) is 11.5 Å². The van der Waals surface area contributed by atoms with Crippen molar-refractivity contribution in [2.24, 2.45) is 0 Å². The molecule has 2 rings (SSSR count). The Morgan fingerprint density at radius 3 is 2.75 bits per heavy atom. The Balaban J connectivity index is 2.30. The van der Waals surface area contributed by atoms with Gasteiger partial charge in [-0.3, -0.25) is 10.1 Å². The molecule has 1 aromatic heterocycles. The minimum atomic E-state index is -0.423. The van der Waals surface area contributed by atoms with Crippen LogP contribution in [0.5, 0.6) is 11.5 Å². The second-order valence-electron chi connectivity index (χ2n) is 3.89. The van der Waals surface area contributed by atoms with Crippen LogP contribution in [-0.4, -0.2) is 12.0 Å². The van der Waals surface area contributed by atoms with E-state index < -0.39 is 4.92 Å². The van der Waals surface area contributed by atoms with Crippen molar-refractivity contribution in [3.05, 3.63) is 50.2 Å². The molecule has 0 saturated carbocycles. The molecule has 7 heteroatoms. The molecule has 0 saturated heterocycles. The second-order valence-corrected chi connectivity index (χ2v) is 5.48. The molecule has 106 valence electrons. The van der Waals surface area contributed by atoms with Crippen LogP contribution < -0.4 is 9.47 Å². The van der Waals surface area contributed by atoms with E-state index in [-0.39, 0.29) is 5.69 Å². The van der Waals surface area contributed by atoms with Crippen LogP contribution >= 0.6 is 27.3 Å². The van der Waals surface area contributed by atoms with Gasteiger partial charge in [-0.05, 0) is 17.5 Å². The second kappa shape index (κ2) is 6.71. The third kappa shape index (κ3) is 3.29. The molecule has 5 nitrogen and oxygen atoms in total. The molecule has 0 unspecified atom stereocenters. The summed E-state index contributed by atoms with van der Waals surface area (Å²) < 4.78 is 10.9. The van der Waals surface area contributed by atoms with Crippen molar-refractivity contribution in [1.29, 1.82) is 0 Å². The van der Waals surface area contributed by atoms with E-state index in [1.54, 1.807) is 17.4 Å². The first-order chi connectivity index (χ1) is 9.65. The summed E-state index contributed by atoms with van der Waals surface area (Å²) in [7, 11) is 1.51. The maximum atomic E-state index is 11.1.